The standard InChI is InChI=1S/C15H30N2O2/c1-4-5-13-6-8-15(11-16,9-7-13)19-10-14(18)17-12(2)3/h12-13H,4-11,16H2,1-3H3,(H,17,18). The predicted molar refractivity (Wildman–Crippen MR) is 77.9 cm³/mol. The maximum Gasteiger partial charge on any atom is 0.246 e. The third-order valence-corrected chi connectivity index (χ3v) is 4.04. The lowest BCUT2D eigenvalue weighted by molar-refractivity contribution is -0.136. The Labute approximate surface area is 117 Å². The molecular weight excluding hydrogens is 240 g/mol. The first kappa shape index (κ1) is 16.4. The molecule has 3 N–H and O–H groups in total. The molecule has 0 bridgehead atoms. The second-order valence-electron chi connectivity index (χ2n) is 6.13. The Hall–Kier alpha value is -0.610. The molecule has 1 saturated carbocycles. The Morgan fingerprint density at radius 2 is 2.05 bits per heavy atom. The van der Waals surface area contributed by atoms with Crippen molar-refractivity contribution < 1.29 is 9.53 Å². The molecular formula is C15H30N2O2. The normalized spacial score (nSPS) is 27.5. The Balaban J connectivity index is 2.38. The quantitative estimate of drug-likeness (QED) is 0.745. The molecule has 0 heterocycles. The summed E-state index contributed by atoms with van der Waals surface area (Å²) in [5, 5.41) is 2.85. The molecule has 112 valence electrons. The number of hydrogen-bond acceptors (Lipinski definition) is 3. The van der Waals surface area contributed by atoms with Gasteiger partial charge in [0.1, 0.15) is 6.61 Å². The van der Waals surface area contributed by atoms with Crippen molar-refractivity contribution in [3.63, 3.8) is 0 Å². The average molecular weight is 270 g/mol. The van der Waals surface area contributed by atoms with E-state index in [0.29, 0.717) is 6.54 Å². The number of rotatable bonds is 7. The number of hydrogen-bond donors (Lipinski definition) is 2. The Bertz CT molecular complexity index is 271. The first-order valence-electron chi connectivity index (χ1n) is 7.64. The second-order valence-corrected chi connectivity index (χ2v) is 6.13. The van der Waals surface area contributed by atoms with E-state index in [9.17, 15) is 4.79 Å². The minimum Gasteiger partial charge on any atom is -0.364 e. The van der Waals surface area contributed by atoms with Gasteiger partial charge in [-0.2, -0.15) is 0 Å². The number of carbonyl (C=O) groups is 1. The molecule has 0 unspecified atom stereocenters. The van der Waals surface area contributed by atoms with E-state index in [0.717, 1.165) is 18.8 Å². The predicted octanol–water partition coefficient (Wildman–Crippen LogP) is 2.22. The van der Waals surface area contributed by atoms with Gasteiger partial charge in [-0.3, -0.25) is 4.79 Å². The van der Waals surface area contributed by atoms with Crippen LogP contribution < -0.4 is 11.1 Å². The highest BCUT2D eigenvalue weighted by Crippen LogP contribution is 2.36. The van der Waals surface area contributed by atoms with Gasteiger partial charge in [0.05, 0.1) is 5.60 Å². The molecule has 4 heteroatoms. The lowest BCUT2D eigenvalue weighted by atomic mass is 9.77. The summed E-state index contributed by atoms with van der Waals surface area (Å²) in [6.07, 6.45) is 6.88. The minimum absolute atomic E-state index is 0.0430. The average Bonchev–Trinajstić information content (AvgIpc) is 2.38. The molecule has 1 aliphatic carbocycles. The van der Waals surface area contributed by atoms with E-state index in [-0.39, 0.29) is 24.2 Å². The molecule has 1 amide bonds. The maximum atomic E-state index is 11.6. The zero-order chi connectivity index (χ0) is 14.3. The molecule has 0 saturated heterocycles. The molecule has 0 spiro atoms. The van der Waals surface area contributed by atoms with Gasteiger partial charge in [-0.15, -0.1) is 0 Å². The van der Waals surface area contributed by atoms with E-state index >= 15 is 0 Å². The topological polar surface area (TPSA) is 64.3 Å². The van der Waals surface area contributed by atoms with Crippen LogP contribution in [0, 0.1) is 5.92 Å². The molecule has 1 aliphatic rings. The molecule has 0 atom stereocenters. The van der Waals surface area contributed by atoms with Crippen LogP contribution in [0.5, 0.6) is 0 Å². The van der Waals surface area contributed by atoms with Crippen LogP contribution in [0.4, 0.5) is 0 Å². The lowest BCUT2D eigenvalue weighted by Crippen LogP contribution is -2.46. The SMILES string of the molecule is CCCC1CCC(CN)(OCC(=O)NC(C)C)CC1. The smallest absolute Gasteiger partial charge is 0.246 e. The number of amides is 1. The number of nitrogens with two attached hydrogens (primary N) is 1. The summed E-state index contributed by atoms with van der Waals surface area (Å²) in [5.74, 6) is 0.774. The van der Waals surface area contributed by atoms with E-state index in [1.807, 2.05) is 13.8 Å². The van der Waals surface area contributed by atoms with Crippen LogP contribution >= 0.6 is 0 Å². The molecule has 4 nitrogen and oxygen atoms in total. The Morgan fingerprint density at radius 1 is 1.42 bits per heavy atom. The molecule has 0 aliphatic heterocycles. The fourth-order valence-corrected chi connectivity index (χ4v) is 2.89. The summed E-state index contributed by atoms with van der Waals surface area (Å²) >= 11 is 0. The Morgan fingerprint density at radius 3 is 2.53 bits per heavy atom. The largest absolute Gasteiger partial charge is 0.364 e. The molecule has 1 fully saturated rings. The van der Waals surface area contributed by atoms with Gasteiger partial charge in [0.2, 0.25) is 5.91 Å². The lowest BCUT2D eigenvalue weighted by Gasteiger charge is -2.39. The number of carbonyl (C=O) groups excluding carboxylic acids is 1. The van der Waals surface area contributed by atoms with Gasteiger partial charge < -0.3 is 15.8 Å². The van der Waals surface area contributed by atoms with Gasteiger partial charge in [0.25, 0.3) is 0 Å². The highest BCUT2D eigenvalue weighted by Gasteiger charge is 2.35. The van der Waals surface area contributed by atoms with Gasteiger partial charge in [-0.05, 0) is 45.4 Å². The molecule has 19 heavy (non-hydrogen) atoms. The second kappa shape index (κ2) is 7.85. The zero-order valence-corrected chi connectivity index (χ0v) is 12.7. The molecule has 0 aromatic rings. The van der Waals surface area contributed by atoms with E-state index in [4.69, 9.17) is 10.5 Å². The summed E-state index contributed by atoms with van der Waals surface area (Å²) in [6, 6.07) is 0.158. The van der Waals surface area contributed by atoms with Crippen molar-refractivity contribution in [3.05, 3.63) is 0 Å². The summed E-state index contributed by atoms with van der Waals surface area (Å²) in [7, 11) is 0. The van der Waals surface area contributed by atoms with Crippen LogP contribution in [0.1, 0.15) is 59.3 Å². The zero-order valence-electron chi connectivity index (χ0n) is 12.7. The number of ether oxygens (including phenoxy) is 1. The van der Waals surface area contributed by atoms with Crippen molar-refractivity contribution in [3.8, 4) is 0 Å². The molecule has 1 rings (SSSR count). The van der Waals surface area contributed by atoms with Gasteiger partial charge in [0.15, 0.2) is 0 Å². The summed E-state index contributed by atoms with van der Waals surface area (Å²) < 4.78 is 5.87. The summed E-state index contributed by atoms with van der Waals surface area (Å²) in [4.78, 5) is 11.6. The third kappa shape index (κ3) is 5.49. The Kier molecular flexibility index (Phi) is 6.80. The fourth-order valence-electron chi connectivity index (χ4n) is 2.89. The van der Waals surface area contributed by atoms with Crippen molar-refractivity contribution in [2.45, 2.75) is 70.9 Å². The fraction of sp³-hybridized carbons (Fsp3) is 0.933. The van der Waals surface area contributed by atoms with Crippen molar-refractivity contribution in [1.82, 2.24) is 5.32 Å². The molecule has 0 aromatic heterocycles. The van der Waals surface area contributed by atoms with Crippen molar-refractivity contribution in [2.24, 2.45) is 11.7 Å². The minimum atomic E-state index is -0.265. The van der Waals surface area contributed by atoms with Crippen LogP contribution in [0.2, 0.25) is 0 Å². The first-order valence-corrected chi connectivity index (χ1v) is 7.64. The van der Waals surface area contributed by atoms with E-state index < -0.39 is 0 Å². The van der Waals surface area contributed by atoms with Crippen molar-refractivity contribution in [1.29, 1.82) is 0 Å². The van der Waals surface area contributed by atoms with Crippen LogP contribution in [-0.2, 0) is 9.53 Å². The van der Waals surface area contributed by atoms with Crippen LogP contribution in [0.25, 0.3) is 0 Å². The summed E-state index contributed by atoms with van der Waals surface area (Å²) in [6.45, 7) is 6.78. The summed E-state index contributed by atoms with van der Waals surface area (Å²) in [5.41, 5.74) is 5.62. The van der Waals surface area contributed by atoms with Crippen LogP contribution in [-0.4, -0.2) is 30.7 Å². The third-order valence-electron chi connectivity index (χ3n) is 4.04. The van der Waals surface area contributed by atoms with E-state index in [1.165, 1.54) is 25.7 Å². The van der Waals surface area contributed by atoms with Gasteiger partial charge >= 0.3 is 0 Å². The van der Waals surface area contributed by atoms with Crippen LogP contribution in [0.15, 0.2) is 0 Å². The van der Waals surface area contributed by atoms with Crippen molar-refractivity contribution in [2.75, 3.05) is 13.2 Å². The monoisotopic (exact) mass is 270 g/mol. The molecule has 0 radical (unpaired) electrons. The highest BCUT2D eigenvalue weighted by molar-refractivity contribution is 5.77. The first-order chi connectivity index (χ1) is 9.01. The molecule has 0 aromatic carbocycles. The maximum absolute atomic E-state index is 11.6. The van der Waals surface area contributed by atoms with Gasteiger partial charge in [-0.1, -0.05) is 19.8 Å². The number of nitrogens with one attached hydrogen (secondary N) is 1. The van der Waals surface area contributed by atoms with Crippen molar-refractivity contribution >= 4 is 5.91 Å². The van der Waals surface area contributed by atoms with E-state index in [1.54, 1.807) is 0 Å². The highest BCUT2D eigenvalue weighted by atomic mass is 16.5. The van der Waals surface area contributed by atoms with Crippen LogP contribution in [0.3, 0.4) is 0 Å². The van der Waals surface area contributed by atoms with Gasteiger partial charge in [0, 0.05) is 12.6 Å². The van der Waals surface area contributed by atoms with E-state index in [2.05, 4.69) is 12.2 Å². The van der Waals surface area contributed by atoms with Gasteiger partial charge in [-0.25, -0.2) is 0 Å².